The van der Waals surface area contributed by atoms with Crippen LogP contribution in [0.4, 0.5) is 26.3 Å². The molecule has 2 aromatic heterocycles. The van der Waals surface area contributed by atoms with E-state index in [1.165, 1.54) is 18.2 Å². The van der Waals surface area contributed by atoms with E-state index in [2.05, 4.69) is 38.9 Å². The van der Waals surface area contributed by atoms with E-state index in [4.69, 9.17) is 0 Å². The minimum absolute atomic E-state index is 0.0878. The van der Waals surface area contributed by atoms with Crippen molar-refractivity contribution in [1.82, 2.24) is 25.1 Å². The van der Waals surface area contributed by atoms with Crippen molar-refractivity contribution in [2.24, 2.45) is 34.5 Å². The van der Waals surface area contributed by atoms with Gasteiger partial charge >= 0.3 is 18.3 Å². The number of fused-ring (bicyclic) bond motifs is 8. The molecule has 4 heterocycles. The molecular weight excluding hydrogens is 809 g/mol. The van der Waals surface area contributed by atoms with Gasteiger partial charge in [-0.15, -0.1) is 0 Å². The second kappa shape index (κ2) is 17.2. The van der Waals surface area contributed by atoms with E-state index < -0.39 is 40.3 Å². The Bertz CT molecular complexity index is 2270. The molecule has 2 aliphatic carbocycles. The lowest BCUT2D eigenvalue weighted by Gasteiger charge is -2.45. The number of likely N-dealkylation sites (tertiary alicyclic amines) is 2. The molecule has 2 aliphatic heterocycles. The van der Waals surface area contributed by atoms with Gasteiger partial charge < -0.3 is 30.2 Å². The Morgan fingerprint density at radius 2 is 1.13 bits per heavy atom. The van der Waals surface area contributed by atoms with Crippen LogP contribution in [0.1, 0.15) is 120 Å². The van der Waals surface area contributed by atoms with Gasteiger partial charge in [-0.3, -0.25) is 9.59 Å². The van der Waals surface area contributed by atoms with Crippen molar-refractivity contribution in [2.75, 3.05) is 45.8 Å². The van der Waals surface area contributed by atoms with E-state index in [0.29, 0.717) is 42.0 Å². The highest BCUT2D eigenvalue weighted by molar-refractivity contribution is 5.87. The number of benzene rings is 2. The van der Waals surface area contributed by atoms with Crippen LogP contribution in [0, 0.1) is 34.5 Å². The summed E-state index contributed by atoms with van der Waals surface area (Å²) in [7, 11) is 0. The van der Waals surface area contributed by atoms with Crippen molar-refractivity contribution in [3.05, 3.63) is 70.0 Å². The highest BCUT2D eigenvalue weighted by atomic mass is 19.4. The molecule has 0 saturated carbocycles. The molecule has 0 bridgehead atoms. The number of halogens is 6. The van der Waals surface area contributed by atoms with Crippen molar-refractivity contribution in [2.45, 2.75) is 111 Å². The van der Waals surface area contributed by atoms with Crippen molar-refractivity contribution >= 4 is 33.7 Å². The Hall–Kier alpha value is -4.04. The number of rotatable bonds is 9. The average Bonchev–Trinajstić information content (AvgIpc) is 3.77. The normalized spacial score (nSPS) is 24.7. The van der Waals surface area contributed by atoms with Crippen LogP contribution in [0.25, 0.3) is 21.8 Å². The van der Waals surface area contributed by atoms with Gasteiger partial charge in [0.15, 0.2) is 0 Å². The number of H-pyrrole nitrogens is 2. The fraction of sp³-hybridized carbons (Fsp3) is 0.625. The van der Waals surface area contributed by atoms with Gasteiger partial charge in [-0.05, 0) is 169 Å². The standard InChI is InChI=1S/C25H34F3N3O.C23H29F3N2O2/c1-5-29-23(32)24(3,4)9-11-31-10-8-16-12-21-22(15(2)19(16)14-31)18-13-17(25(26,27)28)6-7-20(18)30-21;1-13-17-12-28(9-7-22(2,3)21(29)30)8-6-14(17)10-19-20(13)16-11-15(23(24,25)26)4-5-18(16)27-19/h6-7,13,15-16,19,30H,5,8-12,14H2,1-4H3,(H,29,32);4-5,11,13-14,17,27H,6-10,12H2,1-3H3,(H,29,30)/t15-,16-,19-;13-,14-,17-/m11/s1. The number of amides is 1. The third kappa shape index (κ3) is 9.28. The first-order chi connectivity index (χ1) is 29.0. The van der Waals surface area contributed by atoms with Gasteiger partial charge in [-0.1, -0.05) is 27.7 Å². The van der Waals surface area contributed by atoms with Crippen molar-refractivity contribution in [3.63, 3.8) is 0 Å². The first-order valence-electron chi connectivity index (χ1n) is 22.4. The molecule has 62 heavy (non-hydrogen) atoms. The molecule has 2 aromatic carbocycles. The third-order valence-corrected chi connectivity index (χ3v) is 15.0. The van der Waals surface area contributed by atoms with Gasteiger partial charge in [-0.2, -0.15) is 26.3 Å². The number of aromatic nitrogens is 2. The van der Waals surface area contributed by atoms with Crippen LogP contribution in [0.5, 0.6) is 0 Å². The highest BCUT2D eigenvalue weighted by Crippen LogP contribution is 2.49. The summed E-state index contributed by atoms with van der Waals surface area (Å²) in [6, 6.07) is 8.04. The first kappa shape index (κ1) is 46.0. The molecule has 0 radical (unpaired) electrons. The lowest BCUT2D eigenvalue weighted by molar-refractivity contribution is -0.147. The highest BCUT2D eigenvalue weighted by Gasteiger charge is 2.43. The van der Waals surface area contributed by atoms with Crippen LogP contribution >= 0.6 is 0 Å². The summed E-state index contributed by atoms with van der Waals surface area (Å²) in [5, 5.41) is 13.7. The molecule has 1 amide bonds. The monoisotopic (exact) mass is 871 g/mol. The molecule has 2 saturated heterocycles. The molecule has 0 spiro atoms. The van der Waals surface area contributed by atoms with Gasteiger partial charge in [0.05, 0.1) is 16.5 Å². The van der Waals surface area contributed by atoms with Crippen LogP contribution in [-0.4, -0.2) is 82.6 Å². The van der Waals surface area contributed by atoms with Crippen LogP contribution in [0.2, 0.25) is 0 Å². The number of piperidine rings is 2. The number of nitrogens with one attached hydrogen (secondary N) is 3. The Morgan fingerprint density at radius 1 is 0.710 bits per heavy atom. The zero-order valence-corrected chi connectivity index (χ0v) is 37.0. The van der Waals surface area contributed by atoms with E-state index in [-0.39, 0.29) is 17.7 Å². The van der Waals surface area contributed by atoms with Gasteiger partial charge in [0.2, 0.25) is 5.91 Å². The number of aromatic amines is 2. The van der Waals surface area contributed by atoms with Gasteiger partial charge in [0.1, 0.15) is 0 Å². The number of hydrogen-bond donors (Lipinski definition) is 4. The summed E-state index contributed by atoms with van der Waals surface area (Å²) >= 11 is 0. The number of carboxylic acid groups (broad SMARTS) is 1. The minimum Gasteiger partial charge on any atom is -0.481 e. The molecule has 8 nitrogen and oxygen atoms in total. The number of hydrogen-bond acceptors (Lipinski definition) is 4. The molecule has 4 aromatic rings. The summed E-state index contributed by atoms with van der Waals surface area (Å²) in [6.45, 7) is 19.7. The molecule has 4 aliphatic rings. The Kier molecular flexibility index (Phi) is 12.7. The summed E-state index contributed by atoms with van der Waals surface area (Å²) < 4.78 is 79.7. The summed E-state index contributed by atoms with van der Waals surface area (Å²) in [5.74, 6) is 1.49. The fourth-order valence-corrected chi connectivity index (χ4v) is 10.9. The molecule has 340 valence electrons. The largest absolute Gasteiger partial charge is 0.481 e. The molecule has 6 atom stereocenters. The SMILES string of the molecule is CCNC(=O)C(C)(C)CCN1CC[C@@H]2Cc3[nH]c4ccc(C(F)(F)F)cc4c3[C@H](C)[C@H]2C1.C[C@H]1c2c([nH]c3ccc(C(F)(F)F)cc23)C[C@H]2CCN(CCC(C)(C)C(=O)O)C[C@@H]21. The predicted molar refractivity (Wildman–Crippen MR) is 230 cm³/mol. The van der Waals surface area contributed by atoms with Gasteiger partial charge in [0, 0.05) is 58.2 Å². The number of alkyl halides is 6. The predicted octanol–water partition coefficient (Wildman–Crippen LogP) is 10.6. The van der Waals surface area contributed by atoms with Crippen LogP contribution in [0.15, 0.2) is 36.4 Å². The number of aliphatic carboxylic acids is 1. The Labute approximate surface area is 360 Å². The average molecular weight is 872 g/mol. The summed E-state index contributed by atoms with van der Waals surface area (Å²) in [6.07, 6.45) is -3.42. The Balaban J connectivity index is 0.000000187. The Morgan fingerprint density at radius 3 is 1.52 bits per heavy atom. The summed E-state index contributed by atoms with van der Waals surface area (Å²) in [4.78, 5) is 35.3. The van der Waals surface area contributed by atoms with Crippen molar-refractivity contribution in [3.8, 4) is 0 Å². The second-order valence-electron chi connectivity index (χ2n) is 20.0. The fourth-order valence-electron chi connectivity index (χ4n) is 10.9. The lowest BCUT2D eigenvalue weighted by Crippen LogP contribution is -2.47. The minimum atomic E-state index is -4.35. The smallest absolute Gasteiger partial charge is 0.416 e. The van der Waals surface area contributed by atoms with E-state index in [1.54, 1.807) is 26.0 Å². The molecular formula is C48H63F6N5O3. The van der Waals surface area contributed by atoms with Gasteiger partial charge in [0.25, 0.3) is 0 Å². The molecule has 14 heteroatoms. The second-order valence-corrected chi connectivity index (χ2v) is 20.0. The van der Waals surface area contributed by atoms with E-state index >= 15 is 0 Å². The first-order valence-corrected chi connectivity index (χ1v) is 22.4. The number of carbonyl (C=O) groups excluding carboxylic acids is 1. The molecule has 2 fully saturated rings. The van der Waals surface area contributed by atoms with Crippen molar-refractivity contribution in [1.29, 1.82) is 0 Å². The van der Waals surface area contributed by atoms with Crippen LogP contribution in [0.3, 0.4) is 0 Å². The quantitative estimate of drug-likeness (QED) is 0.125. The zero-order chi connectivity index (χ0) is 45.1. The zero-order valence-electron chi connectivity index (χ0n) is 37.0. The molecule has 8 rings (SSSR count). The number of carboxylic acids is 1. The topological polar surface area (TPSA) is 104 Å². The number of carbonyl (C=O) groups is 2. The van der Waals surface area contributed by atoms with E-state index in [9.17, 15) is 41.0 Å². The molecule has 4 N–H and O–H groups in total. The van der Waals surface area contributed by atoms with Gasteiger partial charge in [-0.25, -0.2) is 0 Å². The third-order valence-electron chi connectivity index (χ3n) is 15.0. The molecule has 0 unspecified atom stereocenters. The van der Waals surface area contributed by atoms with E-state index in [1.807, 2.05) is 20.8 Å². The maximum absolute atomic E-state index is 13.3. The van der Waals surface area contributed by atoms with E-state index in [0.717, 1.165) is 116 Å². The summed E-state index contributed by atoms with van der Waals surface area (Å²) in [5.41, 5.74) is 3.51. The number of nitrogens with zero attached hydrogens (tertiary/aromatic N) is 2. The maximum atomic E-state index is 13.3. The maximum Gasteiger partial charge on any atom is 0.416 e. The lowest BCUT2D eigenvalue weighted by atomic mass is 9.68. The van der Waals surface area contributed by atoms with Crippen LogP contribution < -0.4 is 5.32 Å². The van der Waals surface area contributed by atoms with Crippen molar-refractivity contribution < 1.29 is 41.0 Å². The van der Waals surface area contributed by atoms with Crippen LogP contribution in [-0.2, 0) is 34.8 Å².